The summed E-state index contributed by atoms with van der Waals surface area (Å²) in [6.07, 6.45) is 4.03. The van der Waals surface area contributed by atoms with E-state index in [9.17, 15) is 0 Å². The summed E-state index contributed by atoms with van der Waals surface area (Å²) in [6, 6.07) is 1.48. The molecule has 1 atom stereocenters. The van der Waals surface area contributed by atoms with Crippen LogP contribution in [0, 0.1) is 0 Å². The van der Waals surface area contributed by atoms with Crippen LogP contribution in [0.15, 0.2) is 0 Å². The van der Waals surface area contributed by atoms with Gasteiger partial charge in [0.15, 0.2) is 0 Å². The smallest absolute Gasteiger partial charge is 0.0645 e. The van der Waals surface area contributed by atoms with Gasteiger partial charge in [0.1, 0.15) is 0 Å². The van der Waals surface area contributed by atoms with Gasteiger partial charge in [0, 0.05) is 6.04 Å². The number of ether oxygens (including phenoxy) is 1. The van der Waals surface area contributed by atoms with Gasteiger partial charge in [-0.15, -0.1) is 0 Å². The van der Waals surface area contributed by atoms with E-state index >= 15 is 0 Å². The second kappa shape index (κ2) is 4.40. The lowest BCUT2D eigenvalue weighted by molar-refractivity contribution is -0.0565. The summed E-state index contributed by atoms with van der Waals surface area (Å²) in [5.41, 5.74) is 0. The van der Waals surface area contributed by atoms with Crippen molar-refractivity contribution in [3.63, 3.8) is 0 Å². The number of likely N-dealkylation sites (N-methyl/N-ethyl adjacent to an activating group) is 1. The summed E-state index contributed by atoms with van der Waals surface area (Å²) in [5, 5.41) is 3.53. The highest BCUT2D eigenvalue weighted by Crippen LogP contribution is 2.12. The van der Waals surface area contributed by atoms with E-state index in [4.69, 9.17) is 4.74 Å². The molecule has 2 aliphatic rings. The average Bonchev–Trinajstić information content (AvgIpc) is 2.49. The molecule has 2 fully saturated rings. The molecular weight excluding hydrogens is 164 g/mol. The molecule has 0 aromatic carbocycles. The molecule has 3 heteroatoms. The molecule has 0 radical (unpaired) electrons. The molecule has 13 heavy (non-hydrogen) atoms. The van der Waals surface area contributed by atoms with Crippen molar-refractivity contribution in [2.75, 3.05) is 33.4 Å². The molecule has 1 unspecified atom stereocenters. The molecule has 0 aromatic rings. The summed E-state index contributed by atoms with van der Waals surface area (Å²) in [5.74, 6) is 0. The molecule has 76 valence electrons. The lowest BCUT2D eigenvalue weighted by Gasteiger charge is -2.35. The maximum Gasteiger partial charge on any atom is 0.0645 e. The Morgan fingerprint density at radius 1 is 1.46 bits per heavy atom. The highest BCUT2D eigenvalue weighted by Gasteiger charge is 2.23. The first-order valence-corrected chi connectivity index (χ1v) is 5.37. The summed E-state index contributed by atoms with van der Waals surface area (Å²) < 4.78 is 5.17. The van der Waals surface area contributed by atoms with Crippen molar-refractivity contribution in [2.45, 2.75) is 31.3 Å². The Kier molecular flexibility index (Phi) is 3.19. The summed E-state index contributed by atoms with van der Waals surface area (Å²) in [6.45, 7) is 4.32. The summed E-state index contributed by atoms with van der Waals surface area (Å²) >= 11 is 0. The third-order valence-electron chi connectivity index (χ3n) is 3.24. The maximum atomic E-state index is 5.17. The Hall–Kier alpha value is -0.120. The molecule has 3 nitrogen and oxygen atoms in total. The molecule has 0 bridgehead atoms. The second-order valence-electron chi connectivity index (χ2n) is 4.25. The zero-order valence-electron chi connectivity index (χ0n) is 8.46. The number of nitrogens with one attached hydrogen (secondary N) is 1. The Morgan fingerprint density at radius 3 is 2.85 bits per heavy atom. The van der Waals surface area contributed by atoms with E-state index in [2.05, 4.69) is 17.3 Å². The van der Waals surface area contributed by atoms with Crippen LogP contribution in [0.25, 0.3) is 0 Å². The first-order chi connectivity index (χ1) is 6.36. The van der Waals surface area contributed by atoms with Gasteiger partial charge in [-0.2, -0.15) is 0 Å². The standard InChI is InChI=1S/C10H20N2O/c1-12(10-7-13-8-10)6-4-9-3-2-5-11-9/h9-11H,2-8H2,1H3. The SMILES string of the molecule is CN(CCC1CCCN1)C1COC1. The maximum absolute atomic E-state index is 5.17. The molecule has 0 saturated carbocycles. The molecule has 0 amide bonds. The number of nitrogens with zero attached hydrogens (tertiary/aromatic N) is 1. The first kappa shape index (κ1) is 9.44. The number of hydrogen-bond acceptors (Lipinski definition) is 3. The van der Waals surface area contributed by atoms with Crippen LogP contribution in [0.3, 0.4) is 0 Å². The Morgan fingerprint density at radius 2 is 2.31 bits per heavy atom. The predicted molar refractivity (Wildman–Crippen MR) is 52.9 cm³/mol. The summed E-state index contributed by atoms with van der Waals surface area (Å²) in [4.78, 5) is 2.43. The van der Waals surface area contributed by atoms with Crippen LogP contribution in [-0.2, 0) is 4.74 Å². The normalized spacial score (nSPS) is 29.5. The Balaban J connectivity index is 1.60. The fourth-order valence-corrected chi connectivity index (χ4v) is 2.02. The third kappa shape index (κ3) is 2.42. The van der Waals surface area contributed by atoms with Crippen LogP contribution < -0.4 is 5.32 Å². The van der Waals surface area contributed by atoms with Crippen LogP contribution in [0.2, 0.25) is 0 Å². The lowest BCUT2D eigenvalue weighted by Crippen LogP contribution is -2.48. The summed E-state index contributed by atoms with van der Waals surface area (Å²) in [7, 11) is 2.21. The first-order valence-electron chi connectivity index (χ1n) is 5.37. The quantitative estimate of drug-likeness (QED) is 0.687. The van der Waals surface area contributed by atoms with Crippen molar-refractivity contribution < 1.29 is 4.74 Å². The topological polar surface area (TPSA) is 24.5 Å². The molecule has 1 N–H and O–H groups in total. The minimum atomic E-state index is 0.696. The van der Waals surface area contributed by atoms with E-state index in [-0.39, 0.29) is 0 Å². The Bertz CT molecular complexity index is 153. The molecule has 2 saturated heterocycles. The third-order valence-corrected chi connectivity index (χ3v) is 3.24. The van der Waals surface area contributed by atoms with Crippen LogP contribution in [0.1, 0.15) is 19.3 Å². The fourth-order valence-electron chi connectivity index (χ4n) is 2.02. The molecular formula is C10H20N2O. The van der Waals surface area contributed by atoms with Gasteiger partial charge in [-0.1, -0.05) is 0 Å². The van der Waals surface area contributed by atoms with Gasteiger partial charge >= 0.3 is 0 Å². The van der Waals surface area contributed by atoms with E-state index in [0.29, 0.717) is 6.04 Å². The van der Waals surface area contributed by atoms with Crippen molar-refractivity contribution >= 4 is 0 Å². The van der Waals surface area contributed by atoms with Gasteiger partial charge in [0.25, 0.3) is 0 Å². The second-order valence-corrected chi connectivity index (χ2v) is 4.25. The van der Waals surface area contributed by atoms with Gasteiger partial charge in [0.05, 0.1) is 19.3 Å². The van der Waals surface area contributed by atoms with Gasteiger partial charge in [-0.25, -0.2) is 0 Å². The molecule has 0 spiro atoms. The van der Waals surface area contributed by atoms with Crippen molar-refractivity contribution in [2.24, 2.45) is 0 Å². The average molecular weight is 184 g/mol. The van der Waals surface area contributed by atoms with E-state index in [1.54, 1.807) is 0 Å². The number of rotatable bonds is 4. The largest absolute Gasteiger partial charge is 0.378 e. The molecule has 0 aromatic heterocycles. The van der Waals surface area contributed by atoms with E-state index < -0.39 is 0 Å². The molecule has 0 aliphatic carbocycles. The highest BCUT2D eigenvalue weighted by molar-refractivity contribution is 4.79. The zero-order valence-corrected chi connectivity index (χ0v) is 8.46. The Labute approximate surface area is 80.4 Å². The van der Waals surface area contributed by atoms with Crippen LogP contribution in [0.5, 0.6) is 0 Å². The zero-order chi connectivity index (χ0) is 9.10. The van der Waals surface area contributed by atoms with E-state index in [1.165, 1.54) is 32.4 Å². The van der Waals surface area contributed by atoms with Crippen molar-refractivity contribution in [1.82, 2.24) is 10.2 Å². The van der Waals surface area contributed by atoms with Crippen LogP contribution in [-0.4, -0.2) is 50.3 Å². The van der Waals surface area contributed by atoms with Gasteiger partial charge in [-0.05, 0) is 39.4 Å². The minimum Gasteiger partial charge on any atom is -0.378 e. The van der Waals surface area contributed by atoms with Crippen LogP contribution in [0.4, 0.5) is 0 Å². The van der Waals surface area contributed by atoms with Crippen molar-refractivity contribution in [1.29, 1.82) is 0 Å². The minimum absolute atomic E-state index is 0.696. The molecule has 2 aliphatic heterocycles. The van der Waals surface area contributed by atoms with Gasteiger partial charge in [0.2, 0.25) is 0 Å². The molecule has 2 rings (SSSR count). The van der Waals surface area contributed by atoms with E-state index in [1.807, 2.05) is 0 Å². The monoisotopic (exact) mass is 184 g/mol. The van der Waals surface area contributed by atoms with Crippen molar-refractivity contribution in [3.05, 3.63) is 0 Å². The van der Waals surface area contributed by atoms with Crippen LogP contribution >= 0.6 is 0 Å². The van der Waals surface area contributed by atoms with E-state index in [0.717, 1.165) is 19.3 Å². The lowest BCUT2D eigenvalue weighted by atomic mass is 10.1. The highest BCUT2D eigenvalue weighted by atomic mass is 16.5. The molecule has 2 heterocycles. The number of hydrogen-bond donors (Lipinski definition) is 1. The van der Waals surface area contributed by atoms with Crippen molar-refractivity contribution in [3.8, 4) is 0 Å². The van der Waals surface area contributed by atoms with Gasteiger partial charge < -0.3 is 10.1 Å². The van der Waals surface area contributed by atoms with Gasteiger partial charge in [-0.3, -0.25) is 4.90 Å². The predicted octanol–water partition coefficient (Wildman–Crippen LogP) is 0.459. The fraction of sp³-hybridized carbons (Fsp3) is 1.00.